The second-order valence-corrected chi connectivity index (χ2v) is 5.14. The summed E-state index contributed by atoms with van der Waals surface area (Å²) in [6.45, 7) is 6.59. The number of hydrogen-bond donors (Lipinski definition) is 0. The van der Waals surface area contributed by atoms with Gasteiger partial charge in [-0.2, -0.15) is 0 Å². The molecule has 1 aliphatic rings. The van der Waals surface area contributed by atoms with Crippen molar-refractivity contribution in [3.05, 3.63) is 59.2 Å². The molecule has 0 saturated carbocycles. The van der Waals surface area contributed by atoms with Crippen LogP contribution in [-0.2, 0) is 6.42 Å². The van der Waals surface area contributed by atoms with Gasteiger partial charge in [0.05, 0.1) is 5.71 Å². The summed E-state index contributed by atoms with van der Waals surface area (Å²) in [5.74, 6) is 0. The quantitative estimate of drug-likeness (QED) is 0.733. The Morgan fingerprint density at radius 1 is 1.22 bits per heavy atom. The molecule has 1 atom stereocenters. The van der Waals surface area contributed by atoms with Crippen LogP contribution in [0.25, 0.3) is 0 Å². The minimum absolute atomic E-state index is 0.0396. The molecule has 0 spiro atoms. The fraction of sp³-hybridized carbons (Fsp3) is 0.353. The van der Waals surface area contributed by atoms with Crippen molar-refractivity contribution in [2.45, 2.75) is 27.2 Å². The second kappa shape index (κ2) is 4.93. The summed E-state index contributed by atoms with van der Waals surface area (Å²) in [6, 6.07) is 10.7. The van der Waals surface area contributed by atoms with Crippen LogP contribution in [0.5, 0.6) is 0 Å². The van der Waals surface area contributed by atoms with Crippen LogP contribution in [0.4, 0.5) is 0 Å². The third kappa shape index (κ3) is 2.05. The van der Waals surface area contributed by atoms with Crippen molar-refractivity contribution >= 4 is 5.71 Å². The van der Waals surface area contributed by atoms with Crippen LogP contribution in [0, 0.1) is 5.41 Å². The van der Waals surface area contributed by atoms with E-state index in [4.69, 9.17) is 0 Å². The van der Waals surface area contributed by atoms with Gasteiger partial charge in [0.25, 0.3) is 0 Å². The fourth-order valence-electron chi connectivity index (χ4n) is 2.79. The molecule has 18 heavy (non-hydrogen) atoms. The summed E-state index contributed by atoms with van der Waals surface area (Å²) >= 11 is 0. The number of allylic oxidation sites excluding steroid dienone is 4. The van der Waals surface area contributed by atoms with Crippen LogP contribution in [0.1, 0.15) is 26.3 Å². The Kier molecular flexibility index (Phi) is 3.51. The molecule has 1 aromatic carbocycles. The van der Waals surface area contributed by atoms with Crippen molar-refractivity contribution in [3.63, 3.8) is 0 Å². The highest BCUT2D eigenvalue weighted by Gasteiger charge is 2.38. The topological polar surface area (TPSA) is 12.4 Å². The van der Waals surface area contributed by atoms with E-state index in [1.165, 1.54) is 22.4 Å². The molecule has 1 aromatic rings. The maximum atomic E-state index is 4.54. The molecule has 0 amide bonds. The van der Waals surface area contributed by atoms with Crippen LogP contribution < -0.4 is 0 Å². The van der Waals surface area contributed by atoms with Gasteiger partial charge in [0.2, 0.25) is 0 Å². The van der Waals surface area contributed by atoms with Crippen molar-refractivity contribution in [2.75, 3.05) is 7.05 Å². The average Bonchev–Trinajstić information content (AvgIpc) is 2.62. The molecule has 1 heteroatoms. The van der Waals surface area contributed by atoms with Gasteiger partial charge in [-0.15, -0.1) is 0 Å². The third-order valence-corrected chi connectivity index (χ3v) is 3.97. The van der Waals surface area contributed by atoms with Crippen molar-refractivity contribution < 1.29 is 0 Å². The predicted molar refractivity (Wildman–Crippen MR) is 79.1 cm³/mol. The molecule has 94 valence electrons. The molecule has 0 heterocycles. The van der Waals surface area contributed by atoms with Crippen molar-refractivity contribution in [2.24, 2.45) is 10.4 Å². The summed E-state index contributed by atoms with van der Waals surface area (Å²) in [5, 5.41) is 0. The number of hydrogen-bond acceptors (Lipinski definition) is 1. The van der Waals surface area contributed by atoms with Crippen LogP contribution >= 0.6 is 0 Å². The minimum atomic E-state index is 0.0396. The molecule has 1 nitrogen and oxygen atoms in total. The lowest BCUT2D eigenvalue weighted by molar-refractivity contribution is 0.563. The van der Waals surface area contributed by atoms with Gasteiger partial charge in [-0.3, -0.25) is 4.99 Å². The van der Waals surface area contributed by atoms with E-state index in [2.05, 4.69) is 68.2 Å². The molecule has 2 rings (SSSR count). The van der Waals surface area contributed by atoms with E-state index in [-0.39, 0.29) is 5.41 Å². The Hall–Kier alpha value is -1.63. The highest BCUT2D eigenvalue weighted by atomic mass is 14.7. The first-order valence-electron chi connectivity index (χ1n) is 6.48. The van der Waals surface area contributed by atoms with Gasteiger partial charge in [-0.1, -0.05) is 48.1 Å². The Morgan fingerprint density at radius 3 is 2.44 bits per heavy atom. The molecule has 0 aromatic heterocycles. The number of aliphatic imine (C=N–C) groups is 1. The van der Waals surface area contributed by atoms with Gasteiger partial charge >= 0.3 is 0 Å². The molecule has 0 aliphatic heterocycles. The van der Waals surface area contributed by atoms with Gasteiger partial charge in [-0.05, 0) is 38.3 Å². The summed E-state index contributed by atoms with van der Waals surface area (Å²) in [4.78, 5) is 4.54. The molecular weight excluding hydrogens is 218 g/mol. The number of benzene rings is 1. The molecule has 0 fully saturated rings. The summed E-state index contributed by atoms with van der Waals surface area (Å²) in [7, 11) is 1.90. The minimum Gasteiger partial charge on any atom is -0.292 e. The van der Waals surface area contributed by atoms with Crippen LogP contribution in [0.3, 0.4) is 0 Å². The van der Waals surface area contributed by atoms with E-state index in [9.17, 15) is 0 Å². The predicted octanol–water partition coefficient (Wildman–Crippen LogP) is 4.21. The van der Waals surface area contributed by atoms with Crippen LogP contribution in [0.15, 0.2) is 58.6 Å². The fourth-order valence-corrected chi connectivity index (χ4v) is 2.79. The van der Waals surface area contributed by atoms with E-state index in [1.54, 1.807) is 0 Å². The summed E-state index contributed by atoms with van der Waals surface area (Å²) in [6.07, 6.45) is 5.44. The van der Waals surface area contributed by atoms with E-state index < -0.39 is 0 Å². The molecule has 1 unspecified atom stereocenters. The monoisotopic (exact) mass is 239 g/mol. The van der Waals surface area contributed by atoms with E-state index in [1.807, 2.05) is 7.05 Å². The molecule has 0 bridgehead atoms. The van der Waals surface area contributed by atoms with Crippen molar-refractivity contribution in [1.82, 2.24) is 0 Å². The SMILES string of the molecule is C/C=C1/C=C(C)C(C)(Cc2ccccc2)/C1=N/C. The maximum absolute atomic E-state index is 4.54. The highest BCUT2D eigenvalue weighted by molar-refractivity contribution is 6.11. The van der Waals surface area contributed by atoms with Crippen LogP contribution in [-0.4, -0.2) is 12.8 Å². The van der Waals surface area contributed by atoms with Crippen molar-refractivity contribution in [3.8, 4) is 0 Å². The van der Waals surface area contributed by atoms with Gasteiger partial charge in [0.15, 0.2) is 0 Å². The highest BCUT2D eigenvalue weighted by Crippen LogP contribution is 2.41. The van der Waals surface area contributed by atoms with Gasteiger partial charge in [-0.25, -0.2) is 0 Å². The van der Waals surface area contributed by atoms with Gasteiger partial charge in [0.1, 0.15) is 0 Å². The first-order chi connectivity index (χ1) is 8.61. The van der Waals surface area contributed by atoms with Crippen LogP contribution in [0.2, 0.25) is 0 Å². The Morgan fingerprint density at radius 2 is 1.89 bits per heavy atom. The molecule has 0 saturated heterocycles. The van der Waals surface area contributed by atoms with E-state index in [0.29, 0.717) is 0 Å². The lowest BCUT2D eigenvalue weighted by Crippen LogP contribution is -2.28. The summed E-state index contributed by atoms with van der Waals surface area (Å²) in [5.41, 5.74) is 5.30. The Balaban J connectivity index is 2.39. The largest absolute Gasteiger partial charge is 0.292 e. The molecule has 0 N–H and O–H groups in total. The standard InChI is InChI=1S/C17H21N/c1-5-15-11-13(2)17(3,16(15)18-4)12-14-9-7-6-8-10-14/h5-11H,12H2,1-4H3/b15-5-,18-16+. The average molecular weight is 239 g/mol. The Labute approximate surface area is 110 Å². The van der Waals surface area contributed by atoms with Gasteiger partial charge in [0, 0.05) is 12.5 Å². The van der Waals surface area contributed by atoms with E-state index >= 15 is 0 Å². The number of nitrogens with zero attached hydrogens (tertiary/aromatic N) is 1. The zero-order valence-electron chi connectivity index (χ0n) is 11.7. The third-order valence-electron chi connectivity index (χ3n) is 3.97. The summed E-state index contributed by atoms with van der Waals surface area (Å²) < 4.78 is 0. The van der Waals surface area contributed by atoms with Crippen molar-refractivity contribution in [1.29, 1.82) is 0 Å². The first kappa shape index (κ1) is 12.8. The van der Waals surface area contributed by atoms with E-state index in [0.717, 1.165) is 6.42 Å². The van der Waals surface area contributed by atoms with Gasteiger partial charge < -0.3 is 0 Å². The second-order valence-electron chi connectivity index (χ2n) is 5.14. The zero-order valence-corrected chi connectivity index (χ0v) is 11.7. The first-order valence-corrected chi connectivity index (χ1v) is 6.48. The Bertz CT molecular complexity index is 520. The number of rotatable bonds is 2. The lowest BCUT2D eigenvalue weighted by atomic mass is 9.76. The zero-order chi connectivity index (χ0) is 13.2. The lowest BCUT2D eigenvalue weighted by Gasteiger charge is -2.28. The normalized spacial score (nSPS) is 27.9. The smallest absolute Gasteiger partial charge is 0.0516 e. The molecule has 1 aliphatic carbocycles. The molecule has 0 radical (unpaired) electrons. The molecular formula is C17H21N. The maximum Gasteiger partial charge on any atom is 0.0516 e.